The van der Waals surface area contributed by atoms with Crippen LogP contribution in [-0.2, 0) is 9.84 Å². The Hall–Kier alpha value is -0.780. The first kappa shape index (κ1) is 14.8. The Morgan fingerprint density at radius 2 is 1.59 bits per heavy atom. The monoisotopic (exact) mass is 326 g/mol. The molecule has 4 bridgehead atoms. The second kappa shape index (κ2) is 4.86. The summed E-state index contributed by atoms with van der Waals surface area (Å²) >= 11 is 0. The van der Waals surface area contributed by atoms with E-state index in [1.807, 2.05) is 0 Å². The Balaban J connectivity index is 1.38. The molecular formula is C16H26N2O3S. The fraction of sp³-hybridized carbons (Fsp3) is 0.938. The molecule has 0 atom stereocenters. The molecule has 0 aromatic carbocycles. The Morgan fingerprint density at radius 1 is 1.09 bits per heavy atom. The smallest absolute Gasteiger partial charge is 0.317 e. The molecule has 5 aliphatic rings. The molecule has 124 valence electrons. The van der Waals surface area contributed by atoms with Gasteiger partial charge in [-0.3, -0.25) is 0 Å². The lowest BCUT2D eigenvalue weighted by Crippen LogP contribution is -2.66. The van der Waals surface area contributed by atoms with Crippen LogP contribution in [0, 0.1) is 17.8 Å². The molecule has 1 aliphatic heterocycles. The molecule has 0 radical (unpaired) electrons. The second-order valence-corrected chi connectivity index (χ2v) is 10.7. The maximum Gasteiger partial charge on any atom is 0.317 e. The predicted molar refractivity (Wildman–Crippen MR) is 84.3 cm³/mol. The van der Waals surface area contributed by atoms with Crippen molar-refractivity contribution in [3.63, 3.8) is 0 Å². The number of sulfone groups is 1. The van der Waals surface area contributed by atoms with Crippen LogP contribution >= 0.6 is 0 Å². The summed E-state index contributed by atoms with van der Waals surface area (Å²) < 4.78 is 23.6. The minimum atomic E-state index is -3.00. The lowest BCUT2D eigenvalue weighted by molar-refractivity contribution is -0.0166. The molecule has 5 nitrogen and oxygen atoms in total. The highest BCUT2D eigenvalue weighted by atomic mass is 32.2. The molecule has 4 saturated carbocycles. The lowest BCUT2D eigenvalue weighted by atomic mass is 9.53. The maximum atomic E-state index is 12.5. The van der Waals surface area contributed by atoms with Gasteiger partial charge in [-0.25, -0.2) is 13.2 Å². The van der Waals surface area contributed by atoms with E-state index < -0.39 is 9.84 Å². The van der Waals surface area contributed by atoms with Crippen LogP contribution in [0.15, 0.2) is 0 Å². The summed E-state index contributed by atoms with van der Waals surface area (Å²) in [5.41, 5.74) is 0.0144. The topological polar surface area (TPSA) is 66.5 Å². The van der Waals surface area contributed by atoms with Crippen LogP contribution in [0.5, 0.6) is 0 Å². The van der Waals surface area contributed by atoms with E-state index in [0.29, 0.717) is 13.1 Å². The Morgan fingerprint density at radius 3 is 2.05 bits per heavy atom. The van der Waals surface area contributed by atoms with Gasteiger partial charge < -0.3 is 10.2 Å². The summed E-state index contributed by atoms with van der Waals surface area (Å²) in [7, 11) is -3.00. The van der Waals surface area contributed by atoms with Gasteiger partial charge in [-0.05, 0) is 56.3 Å². The van der Waals surface area contributed by atoms with Crippen molar-refractivity contribution in [3.05, 3.63) is 0 Å². The van der Waals surface area contributed by atoms with Crippen LogP contribution in [0.4, 0.5) is 4.79 Å². The van der Waals surface area contributed by atoms with E-state index in [4.69, 9.17) is 0 Å². The fourth-order valence-electron chi connectivity index (χ4n) is 5.64. The van der Waals surface area contributed by atoms with Gasteiger partial charge in [0.2, 0.25) is 0 Å². The number of amides is 2. The first-order valence-corrected chi connectivity index (χ1v) is 10.4. The number of hydrogen-bond donors (Lipinski definition) is 1. The van der Waals surface area contributed by atoms with E-state index in [0.717, 1.165) is 37.0 Å². The Kier molecular flexibility index (Phi) is 3.26. The third-order valence-electron chi connectivity index (χ3n) is 6.46. The van der Waals surface area contributed by atoms with Gasteiger partial charge in [-0.15, -0.1) is 0 Å². The number of likely N-dealkylation sites (tertiary alicyclic amines) is 1. The number of nitrogens with one attached hydrogen (secondary N) is 1. The second-order valence-electron chi connectivity index (χ2n) is 8.11. The van der Waals surface area contributed by atoms with Crippen molar-refractivity contribution in [1.29, 1.82) is 0 Å². The highest BCUT2D eigenvalue weighted by molar-refractivity contribution is 7.92. The van der Waals surface area contributed by atoms with Gasteiger partial charge in [0.15, 0.2) is 9.84 Å². The van der Waals surface area contributed by atoms with E-state index in [2.05, 4.69) is 5.32 Å². The highest BCUT2D eigenvalue weighted by Crippen LogP contribution is 2.55. The summed E-state index contributed by atoms with van der Waals surface area (Å²) in [5, 5.41) is 2.96. The summed E-state index contributed by atoms with van der Waals surface area (Å²) in [5.74, 6) is 2.57. The van der Waals surface area contributed by atoms with Crippen LogP contribution in [0.25, 0.3) is 0 Å². The van der Waals surface area contributed by atoms with Gasteiger partial charge in [-0.2, -0.15) is 0 Å². The molecule has 1 N–H and O–H groups in total. The third-order valence-corrected chi connectivity index (χ3v) is 8.57. The molecule has 5 fully saturated rings. The number of nitrogens with zero attached hydrogens (tertiary/aromatic N) is 1. The van der Waals surface area contributed by atoms with Crippen LogP contribution in [0.1, 0.15) is 45.4 Å². The zero-order valence-electron chi connectivity index (χ0n) is 13.3. The number of rotatable bonds is 3. The molecule has 1 heterocycles. The van der Waals surface area contributed by atoms with Gasteiger partial charge in [0, 0.05) is 24.4 Å². The molecule has 2 amide bonds. The average Bonchev–Trinajstić information content (AvgIpc) is 2.33. The number of carbonyl (C=O) groups excluding carboxylic acids is 1. The summed E-state index contributed by atoms with van der Waals surface area (Å²) in [6.45, 7) is 2.41. The number of hydrogen-bond acceptors (Lipinski definition) is 3. The van der Waals surface area contributed by atoms with Crippen molar-refractivity contribution < 1.29 is 13.2 Å². The van der Waals surface area contributed by atoms with Crippen LogP contribution in [0.2, 0.25) is 0 Å². The first-order chi connectivity index (χ1) is 10.4. The van der Waals surface area contributed by atoms with Crippen molar-refractivity contribution in [2.24, 2.45) is 17.8 Å². The van der Waals surface area contributed by atoms with Crippen LogP contribution in [-0.4, -0.2) is 49.0 Å². The molecule has 6 heteroatoms. The molecule has 0 aromatic rings. The van der Waals surface area contributed by atoms with Gasteiger partial charge >= 0.3 is 6.03 Å². The first-order valence-electron chi connectivity index (χ1n) is 8.68. The average molecular weight is 326 g/mol. The minimum Gasteiger partial charge on any atom is -0.333 e. The molecule has 4 aliphatic carbocycles. The third kappa shape index (κ3) is 2.34. The SMILES string of the molecule is CCS(=O)(=O)C1CN(C(=O)NC23CC4CC(CC(C4)C2)C3)C1. The van der Waals surface area contributed by atoms with E-state index in [1.165, 1.54) is 19.3 Å². The molecular weight excluding hydrogens is 300 g/mol. The van der Waals surface area contributed by atoms with Crippen LogP contribution in [0.3, 0.4) is 0 Å². The van der Waals surface area contributed by atoms with Crippen molar-refractivity contribution in [1.82, 2.24) is 10.2 Å². The lowest BCUT2D eigenvalue weighted by Gasteiger charge is -2.57. The van der Waals surface area contributed by atoms with Crippen molar-refractivity contribution in [2.75, 3.05) is 18.8 Å². The quantitative estimate of drug-likeness (QED) is 0.860. The zero-order valence-corrected chi connectivity index (χ0v) is 14.1. The van der Waals surface area contributed by atoms with E-state index in [9.17, 15) is 13.2 Å². The number of carbonyl (C=O) groups is 1. The Labute approximate surface area is 132 Å². The molecule has 1 saturated heterocycles. The Bertz CT molecular complexity index is 545. The van der Waals surface area contributed by atoms with Crippen molar-refractivity contribution in [3.8, 4) is 0 Å². The zero-order chi connectivity index (χ0) is 15.5. The number of urea groups is 1. The van der Waals surface area contributed by atoms with Gasteiger partial charge in [0.25, 0.3) is 0 Å². The van der Waals surface area contributed by atoms with Gasteiger partial charge in [0.05, 0.1) is 5.25 Å². The van der Waals surface area contributed by atoms with Gasteiger partial charge in [-0.1, -0.05) is 6.92 Å². The van der Waals surface area contributed by atoms with E-state index >= 15 is 0 Å². The molecule has 5 rings (SSSR count). The standard InChI is InChI=1S/C16H26N2O3S/c1-2-22(20,21)14-9-18(10-14)15(19)17-16-6-11-3-12(7-16)5-13(4-11)8-16/h11-14H,2-10H2,1H3,(H,17,19). The van der Waals surface area contributed by atoms with Crippen molar-refractivity contribution >= 4 is 15.9 Å². The van der Waals surface area contributed by atoms with E-state index in [-0.39, 0.29) is 22.6 Å². The summed E-state index contributed by atoms with van der Waals surface area (Å²) in [6.07, 6.45) is 7.47. The van der Waals surface area contributed by atoms with Crippen molar-refractivity contribution in [2.45, 2.75) is 56.2 Å². The van der Waals surface area contributed by atoms with Gasteiger partial charge in [0.1, 0.15) is 0 Å². The maximum absolute atomic E-state index is 12.5. The minimum absolute atomic E-state index is 0.0144. The normalized spacial score (nSPS) is 40.6. The van der Waals surface area contributed by atoms with Crippen LogP contribution < -0.4 is 5.32 Å². The molecule has 0 aromatic heterocycles. The highest BCUT2D eigenvalue weighted by Gasteiger charge is 2.52. The molecule has 0 spiro atoms. The molecule has 0 unspecified atom stereocenters. The largest absolute Gasteiger partial charge is 0.333 e. The predicted octanol–water partition coefficient (Wildman–Crippen LogP) is 1.78. The fourth-order valence-corrected chi connectivity index (χ4v) is 6.92. The summed E-state index contributed by atoms with van der Waals surface area (Å²) in [4.78, 5) is 14.2. The molecule has 22 heavy (non-hydrogen) atoms. The summed E-state index contributed by atoms with van der Waals surface area (Å²) in [6, 6.07) is -0.0375. The van der Waals surface area contributed by atoms with E-state index in [1.54, 1.807) is 11.8 Å².